The first-order chi connectivity index (χ1) is 13.7. The van der Waals surface area contributed by atoms with E-state index in [0.29, 0.717) is 17.9 Å². The number of rotatable bonds is 9. The lowest BCUT2D eigenvalue weighted by atomic mass is 10.1. The zero-order valence-electron chi connectivity index (χ0n) is 16.5. The number of hydrogen-bond donors (Lipinski definition) is 1. The molecule has 1 N–H and O–H groups in total. The third-order valence-electron chi connectivity index (χ3n) is 3.90. The second-order valence-corrected chi connectivity index (χ2v) is 8.13. The average molecular weight is 417 g/mol. The topological polar surface area (TPSA) is 98.8 Å². The minimum Gasteiger partial charge on any atom is -0.495 e. The first-order valence-corrected chi connectivity index (χ1v) is 10.7. The zero-order valence-corrected chi connectivity index (χ0v) is 17.3. The maximum atomic E-state index is 12.4. The van der Waals surface area contributed by atoms with Crippen LogP contribution in [-0.4, -0.2) is 46.6 Å². The van der Waals surface area contributed by atoms with E-state index in [1.807, 2.05) is 6.92 Å². The SMILES string of the molecule is CCNC(=O)COc1ccc(/C=C/C(=O)c2ccc(S(C)(=O)=O)c(OC)c2)cc1. The van der Waals surface area contributed by atoms with Gasteiger partial charge in [0.05, 0.1) is 7.11 Å². The van der Waals surface area contributed by atoms with Gasteiger partial charge in [-0.2, -0.15) is 0 Å². The van der Waals surface area contributed by atoms with Crippen LogP contribution in [0, 0.1) is 0 Å². The van der Waals surface area contributed by atoms with E-state index >= 15 is 0 Å². The molecule has 0 aliphatic carbocycles. The van der Waals surface area contributed by atoms with Gasteiger partial charge in [-0.05, 0) is 48.9 Å². The molecule has 0 aliphatic rings. The molecule has 2 aromatic carbocycles. The highest BCUT2D eigenvalue weighted by Crippen LogP contribution is 2.25. The summed E-state index contributed by atoms with van der Waals surface area (Å²) in [5, 5.41) is 2.64. The second-order valence-electron chi connectivity index (χ2n) is 6.15. The standard InChI is InChI=1S/C21H23NO6S/c1-4-22-21(24)14-28-17-9-5-15(6-10-17)7-11-18(23)16-8-12-20(29(3,25)26)19(13-16)27-2/h5-13H,4,14H2,1-3H3,(H,22,24)/b11-7+. The fourth-order valence-electron chi connectivity index (χ4n) is 2.47. The Morgan fingerprint density at radius 2 is 1.79 bits per heavy atom. The summed E-state index contributed by atoms with van der Waals surface area (Å²) in [6, 6.07) is 11.1. The normalized spacial score (nSPS) is 11.3. The number of carbonyl (C=O) groups is 2. The van der Waals surface area contributed by atoms with Gasteiger partial charge in [0.15, 0.2) is 22.2 Å². The molecule has 0 spiro atoms. The molecule has 2 rings (SSSR count). The summed E-state index contributed by atoms with van der Waals surface area (Å²) >= 11 is 0. The van der Waals surface area contributed by atoms with Gasteiger partial charge in [0.1, 0.15) is 16.4 Å². The number of likely N-dealkylation sites (N-methyl/N-ethyl adjacent to an activating group) is 1. The van der Waals surface area contributed by atoms with Crippen molar-refractivity contribution in [2.24, 2.45) is 0 Å². The number of hydrogen-bond acceptors (Lipinski definition) is 6. The maximum absolute atomic E-state index is 12.4. The predicted molar refractivity (Wildman–Crippen MR) is 110 cm³/mol. The van der Waals surface area contributed by atoms with Crippen molar-refractivity contribution >= 4 is 27.6 Å². The quantitative estimate of drug-likeness (QED) is 0.497. The van der Waals surface area contributed by atoms with Crippen LogP contribution in [-0.2, 0) is 14.6 Å². The van der Waals surface area contributed by atoms with Crippen LogP contribution >= 0.6 is 0 Å². The molecule has 0 aromatic heterocycles. The van der Waals surface area contributed by atoms with E-state index in [1.165, 1.54) is 31.4 Å². The molecule has 0 atom stereocenters. The number of allylic oxidation sites excluding steroid dienone is 1. The van der Waals surface area contributed by atoms with Gasteiger partial charge in [-0.3, -0.25) is 9.59 Å². The van der Waals surface area contributed by atoms with Crippen molar-refractivity contribution in [3.63, 3.8) is 0 Å². The maximum Gasteiger partial charge on any atom is 0.257 e. The Hall–Kier alpha value is -3.13. The van der Waals surface area contributed by atoms with Gasteiger partial charge in [-0.15, -0.1) is 0 Å². The molecule has 0 heterocycles. The molecular formula is C21H23NO6S. The highest BCUT2D eigenvalue weighted by Gasteiger charge is 2.16. The summed E-state index contributed by atoms with van der Waals surface area (Å²) in [4.78, 5) is 23.8. The second kappa shape index (κ2) is 9.88. The Labute approximate surface area is 170 Å². The third kappa shape index (κ3) is 6.46. The first-order valence-electron chi connectivity index (χ1n) is 8.84. The van der Waals surface area contributed by atoms with Crippen LogP contribution in [0.5, 0.6) is 11.5 Å². The summed E-state index contributed by atoms with van der Waals surface area (Å²) in [6.07, 6.45) is 4.10. The van der Waals surface area contributed by atoms with Gasteiger partial charge in [0.25, 0.3) is 5.91 Å². The Kier molecular flexibility index (Phi) is 7.55. The van der Waals surface area contributed by atoms with Crippen LogP contribution in [0.25, 0.3) is 6.08 Å². The Balaban J connectivity index is 2.06. The number of sulfone groups is 1. The minimum absolute atomic E-state index is 0.0312. The molecule has 0 unspecified atom stereocenters. The Morgan fingerprint density at radius 3 is 2.38 bits per heavy atom. The molecule has 7 nitrogen and oxygen atoms in total. The molecule has 8 heteroatoms. The van der Waals surface area contributed by atoms with Gasteiger partial charge in [0.2, 0.25) is 0 Å². The van der Waals surface area contributed by atoms with E-state index in [2.05, 4.69) is 5.32 Å². The van der Waals surface area contributed by atoms with Crippen LogP contribution in [0.4, 0.5) is 0 Å². The van der Waals surface area contributed by atoms with E-state index < -0.39 is 9.84 Å². The highest BCUT2D eigenvalue weighted by molar-refractivity contribution is 7.90. The van der Waals surface area contributed by atoms with Crippen molar-refractivity contribution in [1.29, 1.82) is 0 Å². The molecular weight excluding hydrogens is 394 g/mol. The van der Waals surface area contributed by atoms with Crippen molar-refractivity contribution in [2.45, 2.75) is 11.8 Å². The zero-order chi connectivity index (χ0) is 21.4. The number of methoxy groups -OCH3 is 1. The summed E-state index contributed by atoms with van der Waals surface area (Å²) in [5.41, 5.74) is 1.08. The molecule has 0 bridgehead atoms. The van der Waals surface area contributed by atoms with E-state index in [1.54, 1.807) is 30.3 Å². The van der Waals surface area contributed by atoms with Gasteiger partial charge in [0, 0.05) is 18.4 Å². The Bertz CT molecular complexity index is 1010. The largest absolute Gasteiger partial charge is 0.495 e. The molecule has 0 fully saturated rings. The molecule has 0 saturated carbocycles. The Morgan fingerprint density at radius 1 is 1.10 bits per heavy atom. The molecule has 0 saturated heterocycles. The van der Waals surface area contributed by atoms with Crippen molar-refractivity contribution in [2.75, 3.05) is 26.5 Å². The van der Waals surface area contributed by atoms with Crippen molar-refractivity contribution in [1.82, 2.24) is 5.32 Å². The first kappa shape index (κ1) is 22.2. The lowest BCUT2D eigenvalue weighted by Crippen LogP contribution is -2.28. The molecule has 0 aliphatic heterocycles. The molecule has 2 aromatic rings. The van der Waals surface area contributed by atoms with Crippen LogP contribution in [0.15, 0.2) is 53.4 Å². The molecule has 29 heavy (non-hydrogen) atoms. The monoisotopic (exact) mass is 417 g/mol. The van der Waals surface area contributed by atoms with Crippen molar-refractivity contribution in [3.8, 4) is 11.5 Å². The van der Waals surface area contributed by atoms with E-state index in [-0.39, 0.29) is 28.9 Å². The average Bonchev–Trinajstić information content (AvgIpc) is 2.70. The number of ether oxygens (including phenoxy) is 2. The van der Waals surface area contributed by atoms with Crippen molar-refractivity contribution in [3.05, 3.63) is 59.7 Å². The summed E-state index contributed by atoms with van der Waals surface area (Å²) in [7, 11) is -2.10. The van der Waals surface area contributed by atoms with Crippen LogP contribution in [0.1, 0.15) is 22.8 Å². The van der Waals surface area contributed by atoms with E-state index in [0.717, 1.165) is 11.8 Å². The fourth-order valence-corrected chi connectivity index (χ4v) is 3.29. The van der Waals surface area contributed by atoms with Gasteiger partial charge in [-0.25, -0.2) is 8.42 Å². The lowest BCUT2D eigenvalue weighted by molar-refractivity contribution is -0.122. The van der Waals surface area contributed by atoms with Gasteiger partial charge >= 0.3 is 0 Å². The number of benzene rings is 2. The van der Waals surface area contributed by atoms with Gasteiger partial charge < -0.3 is 14.8 Å². The number of nitrogens with one attached hydrogen (secondary N) is 1. The molecule has 0 radical (unpaired) electrons. The summed E-state index contributed by atoms with van der Waals surface area (Å²) < 4.78 is 33.9. The summed E-state index contributed by atoms with van der Waals surface area (Å²) in [5.74, 6) is 0.181. The third-order valence-corrected chi connectivity index (χ3v) is 5.03. The minimum atomic E-state index is -3.45. The fraction of sp³-hybridized carbons (Fsp3) is 0.238. The highest BCUT2D eigenvalue weighted by atomic mass is 32.2. The van der Waals surface area contributed by atoms with Crippen LogP contribution in [0.3, 0.4) is 0 Å². The number of carbonyl (C=O) groups excluding carboxylic acids is 2. The van der Waals surface area contributed by atoms with E-state index in [9.17, 15) is 18.0 Å². The lowest BCUT2D eigenvalue weighted by Gasteiger charge is -2.08. The van der Waals surface area contributed by atoms with Gasteiger partial charge in [-0.1, -0.05) is 18.2 Å². The predicted octanol–water partition coefficient (Wildman–Crippen LogP) is 2.51. The number of ketones is 1. The smallest absolute Gasteiger partial charge is 0.257 e. The van der Waals surface area contributed by atoms with E-state index in [4.69, 9.17) is 9.47 Å². The molecule has 1 amide bonds. The number of amides is 1. The summed E-state index contributed by atoms with van der Waals surface area (Å²) in [6.45, 7) is 2.31. The van der Waals surface area contributed by atoms with Crippen molar-refractivity contribution < 1.29 is 27.5 Å². The molecule has 154 valence electrons. The van der Waals surface area contributed by atoms with Crippen LogP contribution < -0.4 is 14.8 Å². The van der Waals surface area contributed by atoms with Crippen LogP contribution in [0.2, 0.25) is 0 Å².